The molecule has 1 aliphatic carbocycles. The van der Waals surface area contributed by atoms with E-state index in [0.29, 0.717) is 11.5 Å². The normalized spacial score (nSPS) is 17.6. The van der Waals surface area contributed by atoms with E-state index in [-0.39, 0.29) is 24.2 Å². The molecule has 0 aliphatic heterocycles. The molecule has 1 aromatic carbocycles. The van der Waals surface area contributed by atoms with Gasteiger partial charge in [-0.2, -0.15) is 17.6 Å². The van der Waals surface area contributed by atoms with Gasteiger partial charge in [0.05, 0.1) is 0 Å². The molecule has 0 heterocycles. The smallest absolute Gasteiger partial charge is 0.428 e. The first-order valence-electron chi connectivity index (χ1n) is 6.60. The summed E-state index contributed by atoms with van der Waals surface area (Å²) in [5, 5.41) is 0. The molecule has 0 radical (unpaired) electrons. The first-order valence-corrected chi connectivity index (χ1v) is 6.60. The fourth-order valence-electron chi connectivity index (χ4n) is 2.58. The molecule has 0 amide bonds. The van der Waals surface area contributed by atoms with Crippen molar-refractivity contribution in [2.75, 3.05) is 0 Å². The maximum absolute atomic E-state index is 12.9. The quantitative estimate of drug-likeness (QED) is 0.806. The Morgan fingerprint density at radius 3 is 2.38 bits per heavy atom. The summed E-state index contributed by atoms with van der Waals surface area (Å²) >= 11 is 0. The minimum atomic E-state index is -4.49. The minimum absolute atomic E-state index is 0. The summed E-state index contributed by atoms with van der Waals surface area (Å²) in [5.41, 5.74) is 6.74. The van der Waals surface area contributed by atoms with Gasteiger partial charge in [0, 0.05) is 6.04 Å². The van der Waals surface area contributed by atoms with Crippen LogP contribution < -0.4 is 10.5 Å². The van der Waals surface area contributed by atoms with Gasteiger partial charge in [0.2, 0.25) is 0 Å². The van der Waals surface area contributed by atoms with Gasteiger partial charge < -0.3 is 10.5 Å². The van der Waals surface area contributed by atoms with Crippen LogP contribution in [0.2, 0.25) is 0 Å². The highest BCUT2D eigenvalue weighted by molar-refractivity contribution is 5.85. The van der Waals surface area contributed by atoms with Crippen LogP contribution in [0.15, 0.2) is 24.3 Å². The molecule has 1 aliphatic rings. The van der Waals surface area contributed by atoms with Crippen LogP contribution in [0, 0.1) is 5.92 Å². The Bertz CT molecular complexity index is 452. The molecule has 2 nitrogen and oxygen atoms in total. The first kappa shape index (κ1) is 18.0. The lowest BCUT2D eigenvalue weighted by molar-refractivity contribution is -0.253. The van der Waals surface area contributed by atoms with Gasteiger partial charge in [0.1, 0.15) is 5.75 Å². The maximum atomic E-state index is 12.9. The standard InChI is InChI=1S/C14H17F4NO.ClH/c15-13(16)14(17,18)20-11-7-3-6-10(8-11)12(19)9-4-1-2-5-9;/h3,6-9,12-13H,1-2,4-5,19H2;1H/t12-;/m0./s1. The maximum Gasteiger partial charge on any atom is 0.461 e. The number of hydrogen-bond acceptors (Lipinski definition) is 2. The molecule has 2 N–H and O–H groups in total. The molecular formula is C14H18ClF4NO. The summed E-state index contributed by atoms with van der Waals surface area (Å²) < 4.78 is 54.0. The summed E-state index contributed by atoms with van der Waals surface area (Å²) in [7, 11) is 0. The number of nitrogens with two attached hydrogens (primary N) is 1. The van der Waals surface area contributed by atoms with Gasteiger partial charge in [0.15, 0.2) is 0 Å². The Kier molecular flexibility index (Phi) is 6.28. The Morgan fingerprint density at radius 1 is 1.19 bits per heavy atom. The van der Waals surface area contributed by atoms with Gasteiger partial charge in [0.25, 0.3) is 0 Å². The third-order valence-corrected chi connectivity index (χ3v) is 3.66. The molecule has 7 heteroatoms. The van der Waals surface area contributed by atoms with Crippen molar-refractivity contribution in [2.45, 2.75) is 44.3 Å². The van der Waals surface area contributed by atoms with E-state index in [1.54, 1.807) is 6.07 Å². The number of rotatable bonds is 5. The lowest BCUT2D eigenvalue weighted by Gasteiger charge is -2.21. The highest BCUT2D eigenvalue weighted by Gasteiger charge is 2.44. The number of benzene rings is 1. The largest absolute Gasteiger partial charge is 0.461 e. The van der Waals surface area contributed by atoms with Crippen LogP contribution in [0.4, 0.5) is 17.6 Å². The van der Waals surface area contributed by atoms with Crippen LogP contribution in [0.3, 0.4) is 0 Å². The predicted molar refractivity (Wildman–Crippen MR) is 74.2 cm³/mol. The molecule has 21 heavy (non-hydrogen) atoms. The van der Waals surface area contributed by atoms with E-state index in [1.165, 1.54) is 18.2 Å². The summed E-state index contributed by atoms with van der Waals surface area (Å²) in [4.78, 5) is 0. The monoisotopic (exact) mass is 327 g/mol. The summed E-state index contributed by atoms with van der Waals surface area (Å²) in [6.45, 7) is 0. The molecular weight excluding hydrogens is 310 g/mol. The molecule has 0 saturated heterocycles. The topological polar surface area (TPSA) is 35.2 Å². The van der Waals surface area contributed by atoms with Gasteiger partial charge in [-0.3, -0.25) is 0 Å². The summed E-state index contributed by atoms with van der Waals surface area (Å²) in [6, 6.07) is 5.46. The molecule has 0 spiro atoms. The SMILES string of the molecule is Cl.N[C@H](c1cccc(OC(F)(F)C(F)F)c1)C1CCCC1. The zero-order valence-corrected chi connectivity index (χ0v) is 12.1. The van der Waals surface area contributed by atoms with Gasteiger partial charge in [-0.15, -0.1) is 12.4 Å². The molecule has 1 saturated carbocycles. The van der Waals surface area contributed by atoms with Crippen molar-refractivity contribution in [3.8, 4) is 5.75 Å². The zero-order valence-electron chi connectivity index (χ0n) is 11.3. The third-order valence-electron chi connectivity index (χ3n) is 3.66. The van der Waals surface area contributed by atoms with Gasteiger partial charge in [-0.1, -0.05) is 25.0 Å². The van der Waals surface area contributed by atoms with Crippen molar-refractivity contribution in [1.82, 2.24) is 0 Å². The van der Waals surface area contributed by atoms with Crippen LogP contribution in [0.25, 0.3) is 0 Å². The van der Waals surface area contributed by atoms with Crippen molar-refractivity contribution < 1.29 is 22.3 Å². The highest BCUT2D eigenvalue weighted by Crippen LogP contribution is 2.36. The van der Waals surface area contributed by atoms with Gasteiger partial charge in [-0.05, 0) is 36.5 Å². The van der Waals surface area contributed by atoms with Crippen LogP contribution in [-0.2, 0) is 0 Å². The van der Waals surface area contributed by atoms with Crippen molar-refractivity contribution in [2.24, 2.45) is 11.7 Å². The predicted octanol–water partition coefficient (Wildman–Crippen LogP) is 4.54. The Labute approximate surface area is 127 Å². The van der Waals surface area contributed by atoms with Gasteiger partial charge >= 0.3 is 12.5 Å². The lowest BCUT2D eigenvalue weighted by Crippen LogP contribution is -2.33. The average molecular weight is 328 g/mol. The van der Waals surface area contributed by atoms with E-state index in [0.717, 1.165) is 25.7 Å². The number of ether oxygens (including phenoxy) is 1. The zero-order chi connectivity index (χ0) is 14.8. The molecule has 0 bridgehead atoms. The fourth-order valence-corrected chi connectivity index (χ4v) is 2.58. The number of hydrogen-bond donors (Lipinski definition) is 1. The van der Waals surface area contributed by atoms with Crippen LogP contribution in [0.5, 0.6) is 5.75 Å². The van der Waals surface area contributed by atoms with Crippen molar-refractivity contribution in [3.63, 3.8) is 0 Å². The molecule has 1 aromatic rings. The van der Waals surface area contributed by atoms with Crippen LogP contribution >= 0.6 is 12.4 Å². The van der Waals surface area contributed by atoms with Crippen LogP contribution in [-0.4, -0.2) is 12.5 Å². The number of alkyl halides is 4. The second-order valence-corrected chi connectivity index (χ2v) is 5.11. The van der Waals surface area contributed by atoms with Crippen LogP contribution in [0.1, 0.15) is 37.3 Å². The van der Waals surface area contributed by atoms with E-state index >= 15 is 0 Å². The van der Waals surface area contributed by atoms with Crippen molar-refractivity contribution in [3.05, 3.63) is 29.8 Å². The van der Waals surface area contributed by atoms with E-state index in [9.17, 15) is 17.6 Å². The fraction of sp³-hybridized carbons (Fsp3) is 0.571. The lowest BCUT2D eigenvalue weighted by atomic mass is 9.92. The minimum Gasteiger partial charge on any atom is -0.428 e. The summed E-state index contributed by atoms with van der Waals surface area (Å²) in [5.74, 6) is 0.0158. The number of halogens is 5. The molecule has 2 rings (SSSR count). The van der Waals surface area contributed by atoms with E-state index < -0.39 is 12.5 Å². The highest BCUT2D eigenvalue weighted by atomic mass is 35.5. The van der Waals surface area contributed by atoms with Crippen molar-refractivity contribution >= 4 is 12.4 Å². The first-order chi connectivity index (χ1) is 9.40. The third kappa shape index (κ3) is 4.48. The molecule has 0 unspecified atom stereocenters. The Balaban J connectivity index is 0.00000220. The molecule has 1 fully saturated rings. The second-order valence-electron chi connectivity index (χ2n) is 5.11. The Hall–Kier alpha value is -1.01. The average Bonchev–Trinajstić information content (AvgIpc) is 2.91. The van der Waals surface area contributed by atoms with E-state index in [2.05, 4.69) is 4.74 Å². The van der Waals surface area contributed by atoms with E-state index in [1.807, 2.05) is 0 Å². The molecule has 0 aromatic heterocycles. The van der Waals surface area contributed by atoms with E-state index in [4.69, 9.17) is 5.73 Å². The summed E-state index contributed by atoms with van der Waals surface area (Å²) in [6.07, 6.45) is -4.14. The Morgan fingerprint density at radius 2 is 1.81 bits per heavy atom. The second kappa shape index (κ2) is 7.31. The molecule has 1 atom stereocenters. The van der Waals surface area contributed by atoms with Crippen molar-refractivity contribution in [1.29, 1.82) is 0 Å². The van der Waals surface area contributed by atoms with Gasteiger partial charge in [-0.25, -0.2) is 0 Å². The molecule has 120 valence electrons.